The van der Waals surface area contributed by atoms with Gasteiger partial charge in [-0.2, -0.15) is 0 Å². The first kappa shape index (κ1) is 14.7. The summed E-state index contributed by atoms with van der Waals surface area (Å²) < 4.78 is 29.5. The first-order valence-corrected chi connectivity index (χ1v) is 8.58. The van der Waals surface area contributed by atoms with Crippen molar-refractivity contribution in [1.82, 2.24) is 0 Å². The van der Waals surface area contributed by atoms with Gasteiger partial charge in [0.05, 0.1) is 6.61 Å². The molecule has 6 heteroatoms. The van der Waals surface area contributed by atoms with Crippen LogP contribution in [0.5, 0.6) is 5.75 Å². The zero-order valence-corrected chi connectivity index (χ0v) is 12.5. The molecule has 1 aromatic carbocycles. The van der Waals surface area contributed by atoms with Crippen LogP contribution < -0.4 is 4.74 Å². The van der Waals surface area contributed by atoms with Gasteiger partial charge >= 0.3 is 0 Å². The molecule has 0 radical (unpaired) electrons. The molecule has 0 bridgehead atoms. The largest absolute Gasteiger partial charge is 0.494 e. The highest BCUT2D eigenvalue weighted by molar-refractivity contribution is 7.94. The van der Waals surface area contributed by atoms with Crippen molar-refractivity contribution >= 4 is 27.0 Å². The average molecular weight is 310 g/mol. The summed E-state index contributed by atoms with van der Waals surface area (Å²) in [5.74, 6) is -0.270. The Hall–Kier alpha value is -1.66. The summed E-state index contributed by atoms with van der Waals surface area (Å²) in [6.07, 6.45) is 0. The van der Waals surface area contributed by atoms with Crippen LogP contribution in [-0.4, -0.2) is 26.6 Å². The topological polar surface area (TPSA) is 60.4 Å². The van der Waals surface area contributed by atoms with Gasteiger partial charge in [-0.15, -0.1) is 11.3 Å². The van der Waals surface area contributed by atoms with Gasteiger partial charge in [0.25, 0.3) is 0 Å². The van der Waals surface area contributed by atoms with Gasteiger partial charge in [-0.25, -0.2) is 8.42 Å². The SMILES string of the molecule is CCOc1ccc(C(=O)CS(=O)(=O)c2cccs2)cc1. The number of ether oxygens (including phenoxy) is 1. The number of Topliss-reactive ketones (excluding diaryl/α,β-unsaturated/α-hetero) is 1. The Labute approximate surface area is 121 Å². The molecule has 0 spiro atoms. The number of benzene rings is 1. The lowest BCUT2D eigenvalue weighted by molar-refractivity contribution is 0.102. The Morgan fingerprint density at radius 1 is 1.20 bits per heavy atom. The van der Waals surface area contributed by atoms with Crippen molar-refractivity contribution in [2.45, 2.75) is 11.1 Å². The van der Waals surface area contributed by atoms with Crippen LogP contribution in [0.15, 0.2) is 46.0 Å². The average Bonchev–Trinajstić information content (AvgIpc) is 2.94. The van der Waals surface area contributed by atoms with E-state index in [1.165, 1.54) is 6.07 Å². The van der Waals surface area contributed by atoms with Gasteiger partial charge < -0.3 is 4.74 Å². The molecular weight excluding hydrogens is 296 g/mol. The summed E-state index contributed by atoms with van der Waals surface area (Å²) in [4.78, 5) is 12.0. The van der Waals surface area contributed by atoms with E-state index in [0.717, 1.165) is 11.3 Å². The van der Waals surface area contributed by atoms with E-state index >= 15 is 0 Å². The van der Waals surface area contributed by atoms with E-state index < -0.39 is 21.4 Å². The number of rotatable bonds is 6. The lowest BCUT2D eigenvalue weighted by atomic mass is 10.1. The van der Waals surface area contributed by atoms with E-state index in [2.05, 4.69) is 0 Å². The number of hydrogen-bond acceptors (Lipinski definition) is 5. The van der Waals surface area contributed by atoms with Crippen molar-refractivity contribution in [1.29, 1.82) is 0 Å². The van der Waals surface area contributed by atoms with Crippen LogP contribution in [0.1, 0.15) is 17.3 Å². The molecule has 106 valence electrons. The number of sulfone groups is 1. The second-order valence-corrected chi connectivity index (χ2v) is 7.24. The Bertz CT molecular complexity index is 670. The minimum atomic E-state index is -3.55. The maximum atomic E-state index is 12.0. The molecule has 0 aliphatic heterocycles. The molecule has 2 aromatic rings. The fraction of sp³-hybridized carbons (Fsp3) is 0.214. The number of carbonyl (C=O) groups excluding carboxylic acids is 1. The summed E-state index contributed by atoms with van der Waals surface area (Å²) in [5.41, 5.74) is 0.369. The van der Waals surface area contributed by atoms with Crippen molar-refractivity contribution in [3.63, 3.8) is 0 Å². The maximum absolute atomic E-state index is 12.0. The fourth-order valence-corrected chi connectivity index (χ4v) is 3.99. The van der Waals surface area contributed by atoms with Crippen molar-refractivity contribution < 1.29 is 17.9 Å². The first-order valence-electron chi connectivity index (χ1n) is 6.05. The van der Waals surface area contributed by atoms with Gasteiger partial charge in [-0.3, -0.25) is 4.79 Å². The molecule has 0 atom stereocenters. The molecule has 2 rings (SSSR count). The van der Waals surface area contributed by atoms with Gasteiger partial charge in [-0.05, 0) is 42.6 Å². The van der Waals surface area contributed by atoms with Crippen LogP contribution in [0.2, 0.25) is 0 Å². The van der Waals surface area contributed by atoms with E-state index in [-0.39, 0.29) is 4.21 Å². The van der Waals surface area contributed by atoms with E-state index in [1.807, 2.05) is 6.92 Å². The summed E-state index contributed by atoms with van der Waals surface area (Å²) in [5, 5.41) is 1.67. The molecule has 1 heterocycles. The Morgan fingerprint density at radius 2 is 1.90 bits per heavy atom. The second kappa shape index (κ2) is 6.19. The number of hydrogen-bond donors (Lipinski definition) is 0. The summed E-state index contributed by atoms with van der Waals surface area (Å²) in [6.45, 7) is 2.41. The molecular formula is C14H14O4S2. The number of ketones is 1. The lowest BCUT2D eigenvalue weighted by Gasteiger charge is -2.05. The third kappa shape index (κ3) is 3.46. The zero-order valence-electron chi connectivity index (χ0n) is 10.9. The third-order valence-electron chi connectivity index (χ3n) is 2.61. The molecule has 0 saturated carbocycles. The molecule has 0 fully saturated rings. The summed E-state index contributed by atoms with van der Waals surface area (Å²) in [7, 11) is -3.55. The summed E-state index contributed by atoms with van der Waals surface area (Å²) in [6, 6.07) is 9.64. The van der Waals surface area contributed by atoms with Crippen LogP contribution in [0.25, 0.3) is 0 Å². The van der Waals surface area contributed by atoms with Crippen LogP contribution in [0.4, 0.5) is 0 Å². The minimum Gasteiger partial charge on any atom is -0.494 e. The van der Waals surface area contributed by atoms with E-state index in [1.54, 1.807) is 35.7 Å². The standard InChI is InChI=1S/C14H14O4S2/c1-2-18-12-7-5-11(6-8-12)13(15)10-20(16,17)14-4-3-9-19-14/h3-9H,2,10H2,1H3. The predicted octanol–water partition coefficient (Wildman–Crippen LogP) is 2.80. The number of carbonyl (C=O) groups is 1. The fourth-order valence-electron chi connectivity index (χ4n) is 1.67. The highest BCUT2D eigenvalue weighted by Gasteiger charge is 2.21. The zero-order chi connectivity index (χ0) is 14.6. The van der Waals surface area contributed by atoms with Gasteiger partial charge in [-0.1, -0.05) is 6.07 Å². The Kier molecular flexibility index (Phi) is 4.57. The molecule has 0 aliphatic carbocycles. The molecule has 0 unspecified atom stereocenters. The van der Waals surface area contributed by atoms with Gasteiger partial charge in [0.1, 0.15) is 15.7 Å². The van der Waals surface area contributed by atoms with E-state index in [0.29, 0.717) is 17.9 Å². The maximum Gasteiger partial charge on any atom is 0.195 e. The molecule has 0 saturated heterocycles. The van der Waals surface area contributed by atoms with Crippen LogP contribution in [0.3, 0.4) is 0 Å². The molecule has 20 heavy (non-hydrogen) atoms. The smallest absolute Gasteiger partial charge is 0.195 e. The van der Waals surface area contributed by atoms with E-state index in [9.17, 15) is 13.2 Å². The third-order valence-corrected chi connectivity index (χ3v) is 5.71. The monoisotopic (exact) mass is 310 g/mol. The highest BCUT2D eigenvalue weighted by atomic mass is 32.2. The highest BCUT2D eigenvalue weighted by Crippen LogP contribution is 2.19. The van der Waals surface area contributed by atoms with Crippen LogP contribution in [0, 0.1) is 0 Å². The number of thiophene rings is 1. The van der Waals surface area contributed by atoms with Crippen molar-refractivity contribution in [3.05, 3.63) is 47.3 Å². The van der Waals surface area contributed by atoms with Crippen molar-refractivity contribution in [3.8, 4) is 5.75 Å². The van der Waals surface area contributed by atoms with Gasteiger partial charge in [0.2, 0.25) is 0 Å². The Morgan fingerprint density at radius 3 is 2.45 bits per heavy atom. The van der Waals surface area contributed by atoms with Gasteiger partial charge in [0, 0.05) is 5.56 Å². The molecule has 4 nitrogen and oxygen atoms in total. The normalized spacial score (nSPS) is 11.2. The quantitative estimate of drug-likeness (QED) is 0.770. The van der Waals surface area contributed by atoms with Crippen LogP contribution >= 0.6 is 11.3 Å². The van der Waals surface area contributed by atoms with Crippen LogP contribution in [-0.2, 0) is 9.84 Å². The lowest BCUT2D eigenvalue weighted by Crippen LogP contribution is -2.15. The minimum absolute atomic E-state index is 0.219. The summed E-state index contributed by atoms with van der Waals surface area (Å²) >= 11 is 1.12. The van der Waals surface area contributed by atoms with Crippen molar-refractivity contribution in [2.75, 3.05) is 12.4 Å². The molecule has 0 aliphatic rings. The molecule has 0 amide bonds. The predicted molar refractivity (Wildman–Crippen MR) is 78.3 cm³/mol. The molecule has 1 aromatic heterocycles. The second-order valence-electron chi connectivity index (χ2n) is 4.07. The van der Waals surface area contributed by atoms with E-state index in [4.69, 9.17) is 4.74 Å². The molecule has 0 N–H and O–H groups in total. The Balaban J connectivity index is 2.12. The van der Waals surface area contributed by atoms with Gasteiger partial charge in [0.15, 0.2) is 15.6 Å². The van der Waals surface area contributed by atoms with Crippen molar-refractivity contribution in [2.24, 2.45) is 0 Å². The first-order chi connectivity index (χ1) is 9.53.